The maximum Gasteiger partial charge on any atom is 0.331 e. The third-order valence-corrected chi connectivity index (χ3v) is 3.51. The smallest absolute Gasteiger partial charge is 0.331 e. The average molecular weight is 315 g/mol. The Morgan fingerprint density at radius 1 is 1.27 bits per heavy atom. The van der Waals surface area contributed by atoms with E-state index in [1.165, 1.54) is 0 Å². The largest absolute Gasteiger partial charge is 0.481 e. The number of hydrogen-bond acceptors (Lipinski definition) is 7. The van der Waals surface area contributed by atoms with Crippen molar-refractivity contribution < 1.29 is 34.2 Å². The van der Waals surface area contributed by atoms with Gasteiger partial charge in [-0.25, -0.2) is 4.79 Å². The van der Waals surface area contributed by atoms with Gasteiger partial charge in [0.2, 0.25) is 11.8 Å². The second-order valence-corrected chi connectivity index (χ2v) is 4.95. The molecule has 2 atom stereocenters. The lowest BCUT2D eigenvalue weighted by Crippen LogP contribution is -2.61. The summed E-state index contributed by atoms with van der Waals surface area (Å²) < 4.78 is 0. The third-order valence-electron chi connectivity index (χ3n) is 3.51. The van der Waals surface area contributed by atoms with E-state index >= 15 is 0 Å². The van der Waals surface area contributed by atoms with E-state index in [-0.39, 0.29) is 12.8 Å². The number of hydrogen-bond donors (Lipinski definition) is 4. The zero-order valence-electron chi connectivity index (χ0n) is 11.7. The zero-order valence-corrected chi connectivity index (χ0v) is 11.7. The first-order valence-electron chi connectivity index (χ1n) is 6.48. The maximum atomic E-state index is 12.4. The van der Waals surface area contributed by atoms with Gasteiger partial charge in [-0.15, -0.1) is 0 Å². The maximum absolute atomic E-state index is 12.4. The number of nitrogens with two attached hydrogens (primary N) is 2. The van der Waals surface area contributed by atoms with Crippen LogP contribution in [0.1, 0.15) is 25.7 Å². The highest BCUT2D eigenvalue weighted by Gasteiger charge is 2.50. The molecule has 0 unspecified atom stereocenters. The Morgan fingerprint density at radius 3 is 2.32 bits per heavy atom. The van der Waals surface area contributed by atoms with Gasteiger partial charge < -0.3 is 21.7 Å². The van der Waals surface area contributed by atoms with E-state index in [0.717, 1.165) is 0 Å². The van der Waals surface area contributed by atoms with Gasteiger partial charge in [-0.3, -0.25) is 24.1 Å². The molecule has 0 aromatic carbocycles. The van der Waals surface area contributed by atoms with Crippen molar-refractivity contribution in [2.24, 2.45) is 11.5 Å². The molecule has 10 nitrogen and oxygen atoms in total. The molecule has 1 rings (SSSR count). The minimum atomic E-state index is -2.49. The van der Waals surface area contributed by atoms with Crippen molar-refractivity contribution in [3.05, 3.63) is 0 Å². The van der Waals surface area contributed by atoms with Gasteiger partial charge in [0, 0.05) is 12.8 Å². The van der Waals surface area contributed by atoms with Crippen LogP contribution in [0.2, 0.25) is 0 Å². The first kappa shape index (κ1) is 17.7. The van der Waals surface area contributed by atoms with E-state index in [2.05, 4.69) is 0 Å². The molecule has 0 aromatic rings. The number of amides is 2. The number of likely N-dealkylation sites (tertiary alicyclic amines) is 1. The number of rotatable bonds is 7. The highest BCUT2D eigenvalue weighted by Crippen LogP contribution is 2.25. The summed E-state index contributed by atoms with van der Waals surface area (Å²) in [5, 5.41) is 17.8. The first-order chi connectivity index (χ1) is 10.1. The summed E-state index contributed by atoms with van der Waals surface area (Å²) in [7, 11) is 0. The molecule has 122 valence electrons. The van der Waals surface area contributed by atoms with E-state index in [9.17, 15) is 29.1 Å². The van der Waals surface area contributed by atoms with Crippen LogP contribution in [0, 0.1) is 0 Å². The molecule has 10 heteroatoms. The van der Waals surface area contributed by atoms with Crippen LogP contribution in [-0.4, -0.2) is 62.8 Å². The lowest BCUT2D eigenvalue weighted by atomic mass is 9.85. The van der Waals surface area contributed by atoms with Crippen LogP contribution >= 0.6 is 0 Å². The highest BCUT2D eigenvalue weighted by atomic mass is 16.4. The summed E-state index contributed by atoms with van der Waals surface area (Å²) in [4.78, 5) is 58.2. The van der Waals surface area contributed by atoms with Crippen molar-refractivity contribution in [1.29, 1.82) is 0 Å². The van der Waals surface area contributed by atoms with Crippen LogP contribution in [0.25, 0.3) is 0 Å². The number of carboxylic acids is 2. The molecule has 0 aromatic heterocycles. The standard InChI is InChI=1S/C12H17N3O7/c13-5-8(17)15-6(1-2-7(15)16)10(20)12(14,11(21)22)4-3-9(18)19/h6H,1-5,13-14H2,(H,18,19)(H,21,22)/t6-,12+/m0/s1. The van der Waals surface area contributed by atoms with Crippen molar-refractivity contribution in [2.45, 2.75) is 37.3 Å². The van der Waals surface area contributed by atoms with Crippen LogP contribution in [0.5, 0.6) is 0 Å². The summed E-state index contributed by atoms with van der Waals surface area (Å²) in [6.07, 6.45) is -1.47. The topological polar surface area (TPSA) is 181 Å². The fraction of sp³-hybridized carbons (Fsp3) is 0.583. The molecule has 0 bridgehead atoms. The molecule has 2 amide bonds. The fourth-order valence-electron chi connectivity index (χ4n) is 2.28. The molecule has 22 heavy (non-hydrogen) atoms. The Labute approximate surface area is 125 Å². The quantitative estimate of drug-likeness (QED) is 0.375. The Kier molecular flexibility index (Phi) is 5.33. The number of aliphatic carboxylic acids is 2. The SMILES string of the molecule is NCC(=O)N1C(=O)CC[C@H]1C(=O)[C@](N)(CCC(=O)O)C(=O)O. The molecule has 1 heterocycles. The van der Waals surface area contributed by atoms with Crippen LogP contribution in [0.15, 0.2) is 0 Å². The van der Waals surface area contributed by atoms with Gasteiger partial charge >= 0.3 is 11.9 Å². The van der Waals surface area contributed by atoms with Gasteiger partial charge in [0.15, 0.2) is 11.3 Å². The van der Waals surface area contributed by atoms with Crippen LogP contribution < -0.4 is 11.5 Å². The van der Waals surface area contributed by atoms with E-state index in [0.29, 0.717) is 4.90 Å². The van der Waals surface area contributed by atoms with Gasteiger partial charge in [0.1, 0.15) is 6.04 Å². The van der Waals surface area contributed by atoms with Gasteiger partial charge in [0.25, 0.3) is 0 Å². The fourth-order valence-corrected chi connectivity index (χ4v) is 2.28. The molecule has 0 saturated carbocycles. The summed E-state index contributed by atoms with van der Waals surface area (Å²) in [6.45, 7) is -0.519. The summed E-state index contributed by atoms with van der Waals surface area (Å²) in [5.41, 5.74) is 8.25. The Balaban J connectivity index is 3.08. The minimum Gasteiger partial charge on any atom is -0.481 e. The Bertz CT molecular complexity index is 533. The lowest BCUT2D eigenvalue weighted by Gasteiger charge is -2.29. The molecule has 1 aliphatic heterocycles. The predicted molar refractivity (Wildman–Crippen MR) is 70.4 cm³/mol. The van der Waals surface area contributed by atoms with Gasteiger partial charge in [0.05, 0.1) is 6.54 Å². The summed E-state index contributed by atoms with van der Waals surface area (Å²) in [6, 6.07) is -1.33. The lowest BCUT2D eigenvalue weighted by molar-refractivity contribution is -0.155. The molecular formula is C12H17N3O7. The molecule has 0 aliphatic carbocycles. The third kappa shape index (κ3) is 3.28. The van der Waals surface area contributed by atoms with Gasteiger partial charge in [-0.05, 0) is 12.8 Å². The summed E-state index contributed by atoms with van der Waals surface area (Å²) >= 11 is 0. The van der Waals surface area contributed by atoms with E-state index in [4.69, 9.17) is 16.6 Å². The molecule has 1 fully saturated rings. The van der Waals surface area contributed by atoms with Crippen molar-refractivity contribution in [3.63, 3.8) is 0 Å². The molecule has 0 radical (unpaired) electrons. The number of carbonyl (C=O) groups excluding carboxylic acids is 3. The van der Waals surface area contributed by atoms with Gasteiger partial charge in [-0.2, -0.15) is 0 Å². The van der Waals surface area contributed by atoms with E-state index in [1.807, 2.05) is 0 Å². The molecule has 6 N–H and O–H groups in total. The van der Waals surface area contributed by atoms with Crippen LogP contribution in [-0.2, 0) is 24.0 Å². The zero-order chi connectivity index (χ0) is 17.1. The van der Waals surface area contributed by atoms with Gasteiger partial charge in [-0.1, -0.05) is 0 Å². The normalized spacial score (nSPS) is 20.5. The highest BCUT2D eigenvalue weighted by molar-refractivity contribution is 6.14. The number of Topliss-reactive ketones (excluding diaryl/α,β-unsaturated/α-hetero) is 1. The van der Waals surface area contributed by atoms with Crippen molar-refractivity contribution >= 4 is 29.5 Å². The van der Waals surface area contributed by atoms with Crippen molar-refractivity contribution in [3.8, 4) is 0 Å². The molecular weight excluding hydrogens is 298 g/mol. The second kappa shape index (κ2) is 6.62. The first-order valence-corrected chi connectivity index (χ1v) is 6.48. The average Bonchev–Trinajstić information content (AvgIpc) is 2.84. The number of carboxylic acid groups (broad SMARTS) is 2. The number of nitrogens with zero attached hydrogens (tertiary/aromatic N) is 1. The molecule has 1 aliphatic rings. The predicted octanol–water partition coefficient (Wildman–Crippen LogP) is -2.32. The minimum absolute atomic E-state index is 0.0668. The number of ketones is 1. The van der Waals surface area contributed by atoms with Crippen LogP contribution in [0.3, 0.4) is 0 Å². The monoisotopic (exact) mass is 315 g/mol. The van der Waals surface area contributed by atoms with E-state index in [1.54, 1.807) is 0 Å². The second-order valence-electron chi connectivity index (χ2n) is 4.95. The summed E-state index contributed by atoms with van der Waals surface area (Å²) in [5.74, 6) is -5.56. The Morgan fingerprint density at radius 2 is 1.86 bits per heavy atom. The van der Waals surface area contributed by atoms with Crippen molar-refractivity contribution in [2.75, 3.05) is 6.54 Å². The number of carbonyl (C=O) groups is 5. The molecule has 1 saturated heterocycles. The van der Waals surface area contributed by atoms with E-state index < -0.39 is 60.5 Å². The van der Waals surface area contributed by atoms with Crippen molar-refractivity contribution in [1.82, 2.24) is 4.90 Å². The Hall–Kier alpha value is -2.33. The van der Waals surface area contributed by atoms with Crippen LogP contribution in [0.4, 0.5) is 0 Å². The molecule has 0 spiro atoms. The number of imide groups is 1.